The Morgan fingerprint density at radius 3 is 2.83 bits per heavy atom. The van der Waals surface area contributed by atoms with Gasteiger partial charge in [-0.15, -0.1) is 0 Å². The van der Waals surface area contributed by atoms with Crippen LogP contribution in [0.3, 0.4) is 0 Å². The van der Waals surface area contributed by atoms with Crippen LogP contribution in [0, 0.1) is 5.92 Å². The Labute approximate surface area is 70.5 Å². The van der Waals surface area contributed by atoms with Crippen molar-refractivity contribution >= 4 is 5.91 Å². The van der Waals surface area contributed by atoms with Crippen molar-refractivity contribution in [2.45, 2.75) is 6.42 Å². The second-order valence-corrected chi connectivity index (χ2v) is 2.62. The van der Waals surface area contributed by atoms with Crippen molar-refractivity contribution in [1.82, 2.24) is 0 Å². The van der Waals surface area contributed by atoms with Gasteiger partial charge >= 0.3 is 0 Å². The number of hydrogen-bond acceptors (Lipinski definition) is 3. The summed E-state index contributed by atoms with van der Waals surface area (Å²) in [6.07, 6.45) is 2.04. The molecule has 1 atom stereocenters. The molecule has 1 unspecified atom stereocenters. The first-order valence-electron chi connectivity index (χ1n) is 3.75. The van der Waals surface area contributed by atoms with Crippen LogP contribution >= 0.6 is 0 Å². The minimum absolute atomic E-state index is 0.260. The molecule has 1 amide bonds. The number of amides is 1. The highest BCUT2D eigenvalue weighted by Crippen LogP contribution is 2.07. The molecule has 0 aliphatic rings. The Bertz CT molecular complexity index is 244. The predicted molar refractivity (Wildman–Crippen MR) is 44.2 cm³/mol. The average Bonchev–Trinajstić information content (AvgIpc) is 2.51. The molecule has 0 spiro atoms. The van der Waals surface area contributed by atoms with Crippen molar-refractivity contribution in [2.24, 2.45) is 17.4 Å². The first-order chi connectivity index (χ1) is 5.74. The first kappa shape index (κ1) is 8.80. The summed E-state index contributed by atoms with van der Waals surface area (Å²) in [5, 5.41) is 0. The molecule has 0 aliphatic heterocycles. The van der Waals surface area contributed by atoms with Gasteiger partial charge in [-0.3, -0.25) is 4.79 Å². The molecule has 0 bridgehead atoms. The van der Waals surface area contributed by atoms with E-state index in [1.54, 1.807) is 18.4 Å². The van der Waals surface area contributed by atoms with E-state index in [9.17, 15) is 4.79 Å². The van der Waals surface area contributed by atoms with Gasteiger partial charge in [-0.2, -0.15) is 0 Å². The molecule has 4 heteroatoms. The lowest BCUT2D eigenvalue weighted by Gasteiger charge is -2.07. The van der Waals surface area contributed by atoms with Crippen LogP contribution in [0.5, 0.6) is 0 Å². The molecule has 0 saturated carbocycles. The van der Waals surface area contributed by atoms with Crippen LogP contribution in [0.15, 0.2) is 22.8 Å². The zero-order chi connectivity index (χ0) is 8.97. The quantitative estimate of drug-likeness (QED) is 0.657. The Morgan fingerprint density at radius 2 is 2.42 bits per heavy atom. The fourth-order valence-electron chi connectivity index (χ4n) is 0.972. The van der Waals surface area contributed by atoms with E-state index >= 15 is 0 Å². The van der Waals surface area contributed by atoms with E-state index in [-0.39, 0.29) is 18.4 Å². The van der Waals surface area contributed by atoms with Gasteiger partial charge < -0.3 is 15.9 Å². The summed E-state index contributed by atoms with van der Waals surface area (Å²) in [6, 6.07) is 3.56. The lowest BCUT2D eigenvalue weighted by Crippen LogP contribution is -2.31. The molecule has 4 nitrogen and oxygen atoms in total. The first-order valence-corrected chi connectivity index (χ1v) is 3.75. The standard InChI is InChI=1S/C8H12N2O2/c9-5-6(8(10)11)4-7-2-1-3-12-7/h1-3,6H,4-5,9H2,(H2,10,11). The van der Waals surface area contributed by atoms with Gasteiger partial charge in [0, 0.05) is 13.0 Å². The summed E-state index contributed by atoms with van der Waals surface area (Å²) in [4.78, 5) is 10.8. The monoisotopic (exact) mass is 168 g/mol. The van der Waals surface area contributed by atoms with Gasteiger partial charge in [0.2, 0.25) is 5.91 Å². The topological polar surface area (TPSA) is 82.2 Å². The van der Waals surface area contributed by atoms with Crippen molar-refractivity contribution < 1.29 is 9.21 Å². The Hall–Kier alpha value is -1.29. The number of hydrogen-bond donors (Lipinski definition) is 2. The maximum absolute atomic E-state index is 10.8. The van der Waals surface area contributed by atoms with Crippen molar-refractivity contribution in [3.05, 3.63) is 24.2 Å². The number of carbonyl (C=O) groups is 1. The molecule has 1 rings (SSSR count). The summed E-state index contributed by atoms with van der Waals surface area (Å²) in [7, 11) is 0. The SMILES string of the molecule is NCC(Cc1ccco1)C(N)=O. The van der Waals surface area contributed by atoms with E-state index < -0.39 is 0 Å². The van der Waals surface area contributed by atoms with E-state index in [4.69, 9.17) is 15.9 Å². The summed E-state index contributed by atoms with van der Waals surface area (Å²) in [6.45, 7) is 0.260. The molecule has 0 saturated heterocycles. The van der Waals surface area contributed by atoms with Crippen molar-refractivity contribution in [1.29, 1.82) is 0 Å². The average molecular weight is 168 g/mol. The zero-order valence-corrected chi connectivity index (χ0v) is 6.69. The third-order valence-electron chi connectivity index (χ3n) is 1.71. The van der Waals surface area contributed by atoms with Gasteiger partial charge in [0.15, 0.2) is 0 Å². The predicted octanol–water partition coefficient (Wildman–Crippen LogP) is -0.118. The fraction of sp³-hybridized carbons (Fsp3) is 0.375. The van der Waals surface area contributed by atoms with Crippen LogP contribution in [0.25, 0.3) is 0 Å². The molecule has 12 heavy (non-hydrogen) atoms. The van der Waals surface area contributed by atoms with Gasteiger partial charge in [-0.05, 0) is 12.1 Å². The summed E-state index contributed by atoms with van der Waals surface area (Å²) in [5.41, 5.74) is 10.5. The number of rotatable bonds is 4. The smallest absolute Gasteiger partial charge is 0.222 e. The minimum Gasteiger partial charge on any atom is -0.469 e. The molecule has 1 heterocycles. The number of primary amides is 1. The van der Waals surface area contributed by atoms with Crippen LogP contribution in [0.1, 0.15) is 5.76 Å². The molecule has 0 aromatic carbocycles. The molecule has 0 radical (unpaired) electrons. The number of nitrogens with two attached hydrogens (primary N) is 2. The second kappa shape index (κ2) is 3.92. The van der Waals surface area contributed by atoms with Gasteiger partial charge in [-0.25, -0.2) is 0 Å². The van der Waals surface area contributed by atoms with Gasteiger partial charge in [0.05, 0.1) is 12.2 Å². The van der Waals surface area contributed by atoms with Crippen molar-refractivity contribution in [2.75, 3.05) is 6.54 Å². The summed E-state index contributed by atoms with van der Waals surface area (Å²) >= 11 is 0. The van der Waals surface area contributed by atoms with Gasteiger partial charge in [0.1, 0.15) is 5.76 Å². The third-order valence-corrected chi connectivity index (χ3v) is 1.71. The highest BCUT2D eigenvalue weighted by atomic mass is 16.3. The fourth-order valence-corrected chi connectivity index (χ4v) is 0.972. The van der Waals surface area contributed by atoms with Crippen LogP contribution in [0.4, 0.5) is 0 Å². The van der Waals surface area contributed by atoms with Gasteiger partial charge in [-0.1, -0.05) is 0 Å². The van der Waals surface area contributed by atoms with Crippen molar-refractivity contribution in [3.63, 3.8) is 0 Å². The maximum Gasteiger partial charge on any atom is 0.222 e. The van der Waals surface area contributed by atoms with E-state index in [1.807, 2.05) is 0 Å². The second-order valence-electron chi connectivity index (χ2n) is 2.62. The van der Waals surface area contributed by atoms with Crippen LogP contribution in [0.2, 0.25) is 0 Å². The molecule has 1 aromatic heterocycles. The highest BCUT2D eigenvalue weighted by molar-refractivity contribution is 5.77. The highest BCUT2D eigenvalue weighted by Gasteiger charge is 2.14. The summed E-state index contributed by atoms with van der Waals surface area (Å²) in [5.74, 6) is 0.0364. The van der Waals surface area contributed by atoms with Crippen LogP contribution in [-0.4, -0.2) is 12.5 Å². The van der Waals surface area contributed by atoms with Crippen molar-refractivity contribution in [3.8, 4) is 0 Å². The van der Waals surface area contributed by atoms with E-state index in [0.717, 1.165) is 5.76 Å². The van der Waals surface area contributed by atoms with E-state index in [0.29, 0.717) is 6.42 Å². The molecular weight excluding hydrogens is 156 g/mol. The third kappa shape index (κ3) is 2.10. The Morgan fingerprint density at radius 1 is 1.67 bits per heavy atom. The lowest BCUT2D eigenvalue weighted by atomic mass is 10.0. The largest absolute Gasteiger partial charge is 0.469 e. The normalized spacial score (nSPS) is 12.8. The van der Waals surface area contributed by atoms with Crippen LogP contribution < -0.4 is 11.5 Å². The van der Waals surface area contributed by atoms with Crippen LogP contribution in [-0.2, 0) is 11.2 Å². The Balaban J connectivity index is 2.54. The minimum atomic E-state index is -0.381. The molecular formula is C8H12N2O2. The zero-order valence-electron chi connectivity index (χ0n) is 6.69. The molecule has 66 valence electrons. The van der Waals surface area contributed by atoms with Gasteiger partial charge in [0.25, 0.3) is 0 Å². The maximum atomic E-state index is 10.8. The molecule has 4 N–H and O–H groups in total. The summed E-state index contributed by atoms with van der Waals surface area (Å²) < 4.78 is 5.05. The number of carbonyl (C=O) groups excluding carboxylic acids is 1. The molecule has 0 aliphatic carbocycles. The Kier molecular flexibility index (Phi) is 2.88. The molecule has 0 fully saturated rings. The lowest BCUT2D eigenvalue weighted by molar-refractivity contribution is -0.121. The van der Waals surface area contributed by atoms with E-state index in [2.05, 4.69) is 0 Å². The molecule has 1 aromatic rings. The number of furan rings is 1. The van der Waals surface area contributed by atoms with E-state index in [1.165, 1.54) is 0 Å².